The topological polar surface area (TPSA) is 41.6 Å². The first-order valence-corrected chi connectivity index (χ1v) is 8.63. The van der Waals surface area contributed by atoms with E-state index in [2.05, 4.69) is 31.0 Å². The van der Waals surface area contributed by atoms with Crippen LogP contribution in [0.15, 0.2) is 0 Å². The Kier molecular flexibility index (Phi) is 6.06. The van der Waals surface area contributed by atoms with Crippen LogP contribution < -0.4 is 5.32 Å². The number of carbonyl (C=O) groups excluding carboxylic acids is 1. The molecule has 1 aliphatic carbocycles. The van der Waals surface area contributed by atoms with Crippen molar-refractivity contribution in [1.29, 1.82) is 0 Å². The first-order valence-electron chi connectivity index (χ1n) is 8.63. The first kappa shape index (κ1) is 16.8. The smallest absolute Gasteiger partial charge is 0.241 e. The molecule has 122 valence electrons. The minimum absolute atomic E-state index is 0.00958. The minimum Gasteiger partial charge on any atom is -0.384 e. The molecule has 21 heavy (non-hydrogen) atoms. The molecule has 0 bridgehead atoms. The highest BCUT2D eigenvalue weighted by atomic mass is 16.5. The summed E-state index contributed by atoms with van der Waals surface area (Å²) in [4.78, 5) is 15.0. The molecule has 0 aromatic rings. The molecule has 0 aromatic carbocycles. The lowest BCUT2D eigenvalue weighted by Gasteiger charge is -2.31. The molecule has 2 fully saturated rings. The molecule has 1 heterocycles. The zero-order valence-corrected chi connectivity index (χ0v) is 14.1. The van der Waals surface area contributed by atoms with Crippen molar-refractivity contribution >= 4 is 5.91 Å². The fourth-order valence-electron chi connectivity index (χ4n) is 3.84. The monoisotopic (exact) mass is 296 g/mol. The standard InChI is InChI=1S/C17H32N2O2/c1-5-13(3)15-17(20)19(10-12(2)11-21-4)16(18-15)14-8-6-7-9-14/h12-16,18H,5-11H2,1-4H3. The van der Waals surface area contributed by atoms with Gasteiger partial charge in [-0.2, -0.15) is 0 Å². The lowest BCUT2D eigenvalue weighted by atomic mass is 9.99. The van der Waals surface area contributed by atoms with Gasteiger partial charge in [-0.3, -0.25) is 10.1 Å². The first-order chi connectivity index (χ1) is 10.1. The summed E-state index contributed by atoms with van der Waals surface area (Å²) in [6.45, 7) is 8.05. The number of carbonyl (C=O) groups is 1. The van der Waals surface area contributed by atoms with Gasteiger partial charge in [-0.1, -0.05) is 40.0 Å². The van der Waals surface area contributed by atoms with Gasteiger partial charge in [0.15, 0.2) is 0 Å². The molecule has 1 amide bonds. The highest BCUT2D eigenvalue weighted by molar-refractivity contribution is 5.84. The highest BCUT2D eigenvalue weighted by Crippen LogP contribution is 2.33. The van der Waals surface area contributed by atoms with Crippen molar-refractivity contribution in [2.45, 2.75) is 65.1 Å². The van der Waals surface area contributed by atoms with Gasteiger partial charge >= 0.3 is 0 Å². The zero-order valence-electron chi connectivity index (χ0n) is 14.1. The Hall–Kier alpha value is -0.610. The summed E-state index contributed by atoms with van der Waals surface area (Å²) in [7, 11) is 1.73. The van der Waals surface area contributed by atoms with Crippen molar-refractivity contribution < 1.29 is 9.53 Å². The minimum atomic E-state index is 0.00958. The maximum absolute atomic E-state index is 12.8. The van der Waals surface area contributed by atoms with E-state index in [0.717, 1.165) is 19.6 Å². The fraction of sp³-hybridized carbons (Fsp3) is 0.941. The Morgan fingerprint density at radius 2 is 2.00 bits per heavy atom. The Morgan fingerprint density at radius 1 is 1.33 bits per heavy atom. The molecule has 4 unspecified atom stereocenters. The van der Waals surface area contributed by atoms with Gasteiger partial charge in [-0.25, -0.2) is 0 Å². The third-order valence-electron chi connectivity index (χ3n) is 5.25. The van der Waals surface area contributed by atoms with Gasteiger partial charge < -0.3 is 9.64 Å². The van der Waals surface area contributed by atoms with Crippen LogP contribution in [0.2, 0.25) is 0 Å². The van der Waals surface area contributed by atoms with Gasteiger partial charge in [0.2, 0.25) is 5.91 Å². The van der Waals surface area contributed by atoms with Crippen molar-refractivity contribution in [3.05, 3.63) is 0 Å². The van der Waals surface area contributed by atoms with Crippen LogP contribution in [-0.4, -0.2) is 43.3 Å². The van der Waals surface area contributed by atoms with E-state index in [1.807, 2.05) is 0 Å². The lowest BCUT2D eigenvalue weighted by Crippen LogP contribution is -2.45. The largest absolute Gasteiger partial charge is 0.384 e. The number of nitrogens with zero attached hydrogens (tertiary/aromatic N) is 1. The molecule has 4 heteroatoms. The van der Waals surface area contributed by atoms with Gasteiger partial charge in [-0.15, -0.1) is 0 Å². The third-order valence-corrected chi connectivity index (χ3v) is 5.25. The van der Waals surface area contributed by atoms with E-state index >= 15 is 0 Å². The second-order valence-corrected chi connectivity index (χ2v) is 7.07. The Morgan fingerprint density at radius 3 is 2.57 bits per heavy atom. The molecule has 1 saturated heterocycles. The summed E-state index contributed by atoms with van der Waals surface area (Å²) < 4.78 is 5.25. The van der Waals surface area contributed by atoms with Crippen molar-refractivity contribution in [2.24, 2.45) is 17.8 Å². The van der Waals surface area contributed by atoms with E-state index < -0.39 is 0 Å². The number of methoxy groups -OCH3 is 1. The number of nitrogens with one attached hydrogen (secondary N) is 1. The van der Waals surface area contributed by atoms with Crippen LogP contribution in [0.3, 0.4) is 0 Å². The lowest BCUT2D eigenvalue weighted by molar-refractivity contribution is -0.132. The number of ether oxygens (including phenoxy) is 1. The number of amides is 1. The predicted octanol–water partition coefficient (Wildman–Crippen LogP) is 2.63. The Bertz CT molecular complexity index is 342. The normalized spacial score (nSPS) is 30.1. The quantitative estimate of drug-likeness (QED) is 0.785. The van der Waals surface area contributed by atoms with Crippen LogP contribution in [0.25, 0.3) is 0 Å². The molecule has 1 saturated carbocycles. The molecule has 0 aromatic heterocycles. The van der Waals surface area contributed by atoms with Crippen LogP contribution in [-0.2, 0) is 9.53 Å². The average molecular weight is 296 g/mol. The predicted molar refractivity (Wildman–Crippen MR) is 84.9 cm³/mol. The van der Waals surface area contributed by atoms with Gasteiger partial charge in [0.25, 0.3) is 0 Å². The van der Waals surface area contributed by atoms with Crippen LogP contribution in [0, 0.1) is 17.8 Å². The molecule has 2 aliphatic rings. The number of hydrogen-bond donors (Lipinski definition) is 1. The summed E-state index contributed by atoms with van der Waals surface area (Å²) >= 11 is 0. The molecule has 2 rings (SSSR count). The van der Waals surface area contributed by atoms with Crippen LogP contribution in [0.1, 0.15) is 52.9 Å². The van der Waals surface area contributed by atoms with Gasteiger partial charge in [0.1, 0.15) is 0 Å². The average Bonchev–Trinajstić information content (AvgIpc) is 3.08. The molecular formula is C17H32N2O2. The second kappa shape index (κ2) is 7.59. The van der Waals surface area contributed by atoms with Gasteiger partial charge in [-0.05, 0) is 30.6 Å². The molecule has 1 aliphatic heterocycles. The van der Waals surface area contributed by atoms with Crippen molar-refractivity contribution in [3.8, 4) is 0 Å². The van der Waals surface area contributed by atoms with E-state index in [0.29, 0.717) is 23.7 Å². The Labute approximate surface area is 129 Å². The molecular weight excluding hydrogens is 264 g/mol. The SMILES string of the molecule is CCC(C)C1NC(C2CCCC2)N(CC(C)COC)C1=O. The van der Waals surface area contributed by atoms with Crippen LogP contribution >= 0.6 is 0 Å². The maximum atomic E-state index is 12.8. The van der Waals surface area contributed by atoms with Crippen molar-refractivity contribution in [1.82, 2.24) is 10.2 Å². The van der Waals surface area contributed by atoms with E-state index in [1.165, 1.54) is 25.7 Å². The van der Waals surface area contributed by atoms with Crippen LogP contribution in [0.5, 0.6) is 0 Å². The van der Waals surface area contributed by atoms with Crippen LogP contribution in [0.4, 0.5) is 0 Å². The van der Waals surface area contributed by atoms with Gasteiger partial charge in [0, 0.05) is 13.7 Å². The van der Waals surface area contributed by atoms with E-state index in [1.54, 1.807) is 7.11 Å². The summed E-state index contributed by atoms with van der Waals surface area (Å²) in [5.74, 6) is 1.74. The molecule has 0 spiro atoms. The second-order valence-electron chi connectivity index (χ2n) is 7.07. The number of hydrogen-bond acceptors (Lipinski definition) is 3. The molecule has 0 radical (unpaired) electrons. The third kappa shape index (κ3) is 3.78. The van der Waals surface area contributed by atoms with E-state index in [4.69, 9.17) is 4.74 Å². The van der Waals surface area contributed by atoms with E-state index in [9.17, 15) is 4.79 Å². The number of rotatable bonds is 7. The van der Waals surface area contributed by atoms with Crippen molar-refractivity contribution in [2.75, 3.05) is 20.3 Å². The summed E-state index contributed by atoms with van der Waals surface area (Å²) in [5, 5.41) is 3.67. The fourth-order valence-corrected chi connectivity index (χ4v) is 3.84. The van der Waals surface area contributed by atoms with Crippen molar-refractivity contribution in [3.63, 3.8) is 0 Å². The maximum Gasteiger partial charge on any atom is 0.241 e. The molecule has 1 N–H and O–H groups in total. The van der Waals surface area contributed by atoms with E-state index in [-0.39, 0.29) is 12.2 Å². The summed E-state index contributed by atoms with van der Waals surface area (Å²) in [5.41, 5.74) is 0. The summed E-state index contributed by atoms with van der Waals surface area (Å²) in [6, 6.07) is 0.00958. The molecule has 4 nitrogen and oxygen atoms in total. The Balaban J connectivity index is 2.09. The molecule has 4 atom stereocenters. The highest BCUT2D eigenvalue weighted by Gasteiger charge is 2.44. The zero-order chi connectivity index (χ0) is 15.4. The summed E-state index contributed by atoms with van der Waals surface area (Å²) in [6.07, 6.45) is 6.43. The van der Waals surface area contributed by atoms with Gasteiger partial charge in [0.05, 0.1) is 18.8 Å².